The molecule has 4 nitrogen and oxygen atoms in total. The first-order chi connectivity index (χ1) is 9.49. The number of nitro groups is 1. The minimum absolute atomic E-state index is 0.0901. The minimum atomic E-state index is -0.533. The molecule has 0 aliphatic rings. The van der Waals surface area contributed by atoms with E-state index in [-0.39, 0.29) is 16.5 Å². The van der Waals surface area contributed by atoms with Crippen molar-refractivity contribution >= 4 is 23.0 Å². The lowest BCUT2D eigenvalue weighted by atomic mass is 10.2. The van der Waals surface area contributed by atoms with Crippen molar-refractivity contribution in [2.75, 3.05) is 11.9 Å². The first kappa shape index (κ1) is 14.3. The van der Waals surface area contributed by atoms with E-state index in [1.54, 1.807) is 36.2 Å². The van der Waals surface area contributed by atoms with Crippen LogP contribution in [0.1, 0.15) is 5.56 Å². The zero-order valence-corrected chi connectivity index (χ0v) is 11.5. The number of nitrogens with zero attached hydrogens (tertiary/aromatic N) is 2. The lowest BCUT2D eigenvalue weighted by Gasteiger charge is -2.19. The van der Waals surface area contributed by atoms with Gasteiger partial charge in [-0.25, -0.2) is 4.39 Å². The van der Waals surface area contributed by atoms with Crippen LogP contribution in [-0.4, -0.2) is 12.0 Å². The van der Waals surface area contributed by atoms with E-state index in [0.717, 1.165) is 0 Å². The molecule has 0 N–H and O–H groups in total. The Morgan fingerprint density at radius 1 is 1.30 bits per heavy atom. The van der Waals surface area contributed by atoms with Crippen LogP contribution in [0.15, 0.2) is 42.5 Å². The maximum absolute atomic E-state index is 13.6. The molecule has 0 aliphatic carbocycles. The quantitative estimate of drug-likeness (QED) is 0.632. The Morgan fingerprint density at radius 3 is 2.65 bits per heavy atom. The fourth-order valence-electron chi connectivity index (χ4n) is 1.92. The third-order valence-corrected chi connectivity index (χ3v) is 3.21. The largest absolute Gasteiger partial charge is 0.368 e. The first-order valence-corrected chi connectivity index (χ1v) is 6.25. The standard InChI is InChI=1S/C14H12ClFN2O2/c1-17(13-5-3-2-4-12(13)16)9-10-6-7-11(15)14(8-10)18(19)20/h2-8H,9H2,1H3. The highest BCUT2D eigenvalue weighted by Gasteiger charge is 2.14. The van der Waals surface area contributed by atoms with Gasteiger partial charge in [-0.2, -0.15) is 0 Å². The predicted molar refractivity (Wildman–Crippen MR) is 76.6 cm³/mol. The summed E-state index contributed by atoms with van der Waals surface area (Å²) in [6.45, 7) is 0.346. The number of benzene rings is 2. The van der Waals surface area contributed by atoms with E-state index >= 15 is 0 Å². The van der Waals surface area contributed by atoms with Crippen LogP contribution < -0.4 is 4.90 Å². The minimum Gasteiger partial charge on any atom is -0.368 e. The van der Waals surface area contributed by atoms with Gasteiger partial charge in [0.1, 0.15) is 10.8 Å². The second-order valence-electron chi connectivity index (χ2n) is 4.35. The third-order valence-electron chi connectivity index (χ3n) is 2.89. The number of nitro benzene ring substituents is 1. The van der Waals surface area contributed by atoms with Crippen LogP contribution >= 0.6 is 11.6 Å². The maximum Gasteiger partial charge on any atom is 0.288 e. The number of anilines is 1. The highest BCUT2D eigenvalue weighted by atomic mass is 35.5. The van der Waals surface area contributed by atoms with E-state index in [4.69, 9.17) is 11.6 Å². The summed E-state index contributed by atoms with van der Waals surface area (Å²) < 4.78 is 13.6. The Bertz CT molecular complexity index is 649. The van der Waals surface area contributed by atoms with Gasteiger partial charge in [0.25, 0.3) is 5.69 Å². The van der Waals surface area contributed by atoms with Gasteiger partial charge >= 0.3 is 0 Å². The zero-order valence-electron chi connectivity index (χ0n) is 10.7. The van der Waals surface area contributed by atoms with Crippen molar-refractivity contribution in [3.8, 4) is 0 Å². The van der Waals surface area contributed by atoms with Crippen molar-refractivity contribution in [3.05, 3.63) is 69.0 Å². The third kappa shape index (κ3) is 3.05. The SMILES string of the molecule is CN(Cc1ccc(Cl)c([N+](=O)[O-])c1)c1ccccc1F. The van der Waals surface area contributed by atoms with Gasteiger partial charge in [-0.3, -0.25) is 10.1 Å². The van der Waals surface area contributed by atoms with Crippen molar-refractivity contribution in [1.29, 1.82) is 0 Å². The number of para-hydroxylation sites is 1. The van der Waals surface area contributed by atoms with Gasteiger partial charge in [0.05, 0.1) is 10.6 Å². The molecule has 0 spiro atoms. The van der Waals surface area contributed by atoms with Crippen LogP contribution in [0.4, 0.5) is 15.8 Å². The highest BCUT2D eigenvalue weighted by molar-refractivity contribution is 6.32. The molecule has 2 aromatic carbocycles. The summed E-state index contributed by atoms with van der Waals surface area (Å²) in [5.74, 6) is -0.335. The monoisotopic (exact) mass is 294 g/mol. The molecule has 0 radical (unpaired) electrons. The Hall–Kier alpha value is -2.14. The van der Waals surface area contributed by atoms with Crippen LogP contribution in [0.2, 0.25) is 5.02 Å². The molecule has 0 aromatic heterocycles. The van der Waals surface area contributed by atoms with Crippen molar-refractivity contribution < 1.29 is 9.31 Å². The molecule has 6 heteroatoms. The molecule has 0 saturated carbocycles. The fourth-order valence-corrected chi connectivity index (χ4v) is 2.10. The number of rotatable bonds is 4. The summed E-state index contributed by atoms with van der Waals surface area (Å²) >= 11 is 5.75. The highest BCUT2D eigenvalue weighted by Crippen LogP contribution is 2.26. The zero-order chi connectivity index (χ0) is 14.7. The van der Waals surface area contributed by atoms with Crippen LogP contribution in [0, 0.1) is 15.9 Å². The predicted octanol–water partition coefficient (Wildman–Crippen LogP) is 4.02. The summed E-state index contributed by atoms with van der Waals surface area (Å²) in [6.07, 6.45) is 0. The van der Waals surface area contributed by atoms with Gasteiger partial charge in [-0.1, -0.05) is 29.8 Å². The Morgan fingerprint density at radius 2 is 2.00 bits per heavy atom. The normalized spacial score (nSPS) is 10.3. The van der Waals surface area contributed by atoms with Crippen LogP contribution in [0.5, 0.6) is 0 Å². The topological polar surface area (TPSA) is 46.4 Å². The van der Waals surface area contributed by atoms with E-state index in [1.807, 2.05) is 0 Å². The number of halogens is 2. The van der Waals surface area contributed by atoms with Crippen molar-refractivity contribution in [2.24, 2.45) is 0 Å². The van der Waals surface area contributed by atoms with E-state index in [9.17, 15) is 14.5 Å². The maximum atomic E-state index is 13.6. The molecule has 2 rings (SSSR count). The molecule has 0 aliphatic heterocycles. The molecule has 104 valence electrons. The van der Waals surface area contributed by atoms with Crippen LogP contribution in [0.25, 0.3) is 0 Å². The summed E-state index contributed by atoms with van der Waals surface area (Å²) in [7, 11) is 1.72. The summed E-state index contributed by atoms with van der Waals surface area (Å²) in [4.78, 5) is 12.0. The van der Waals surface area contributed by atoms with Crippen molar-refractivity contribution in [1.82, 2.24) is 0 Å². The molecule has 0 bridgehead atoms. The van der Waals surface area contributed by atoms with Crippen molar-refractivity contribution in [3.63, 3.8) is 0 Å². The number of hydrogen-bond acceptors (Lipinski definition) is 3. The Labute approximate surface area is 120 Å². The van der Waals surface area contributed by atoms with E-state index in [2.05, 4.69) is 0 Å². The lowest BCUT2D eigenvalue weighted by Crippen LogP contribution is -2.17. The Balaban J connectivity index is 2.24. The smallest absolute Gasteiger partial charge is 0.288 e. The lowest BCUT2D eigenvalue weighted by molar-refractivity contribution is -0.384. The summed E-state index contributed by atoms with van der Waals surface area (Å²) in [5.41, 5.74) is 0.975. The van der Waals surface area contributed by atoms with Gasteiger partial charge in [-0.05, 0) is 23.8 Å². The second kappa shape index (κ2) is 5.88. The molecule has 0 amide bonds. The molecule has 20 heavy (non-hydrogen) atoms. The molecule has 0 heterocycles. The van der Waals surface area contributed by atoms with E-state index < -0.39 is 4.92 Å². The fraction of sp³-hybridized carbons (Fsp3) is 0.143. The van der Waals surface area contributed by atoms with Gasteiger partial charge in [-0.15, -0.1) is 0 Å². The Kier molecular flexibility index (Phi) is 4.20. The van der Waals surface area contributed by atoms with E-state index in [1.165, 1.54) is 18.2 Å². The molecule has 0 fully saturated rings. The van der Waals surface area contributed by atoms with Gasteiger partial charge in [0.15, 0.2) is 0 Å². The second-order valence-corrected chi connectivity index (χ2v) is 4.76. The molecular formula is C14H12ClFN2O2. The summed E-state index contributed by atoms with van der Waals surface area (Å²) in [6, 6.07) is 10.9. The van der Waals surface area contributed by atoms with Crippen molar-refractivity contribution in [2.45, 2.75) is 6.54 Å². The molecule has 0 atom stereocenters. The molecular weight excluding hydrogens is 283 g/mol. The number of hydrogen-bond donors (Lipinski definition) is 0. The van der Waals surface area contributed by atoms with Crippen LogP contribution in [-0.2, 0) is 6.54 Å². The van der Waals surface area contributed by atoms with E-state index in [0.29, 0.717) is 17.8 Å². The molecule has 0 saturated heterocycles. The van der Waals surface area contributed by atoms with Gasteiger partial charge in [0.2, 0.25) is 0 Å². The van der Waals surface area contributed by atoms with Gasteiger partial charge < -0.3 is 4.90 Å². The first-order valence-electron chi connectivity index (χ1n) is 5.87. The summed E-state index contributed by atoms with van der Waals surface area (Å²) in [5, 5.41) is 10.9. The van der Waals surface area contributed by atoms with Crippen LogP contribution in [0.3, 0.4) is 0 Å². The average Bonchev–Trinajstić information content (AvgIpc) is 2.41. The molecule has 0 unspecified atom stereocenters. The molecule has 2 aromatic rings. The average molecular weight is 295 g/mol. The van der Waals surface area contributed by atoms with Gasteiger partial charge in [0, 0.05) is 19.7 Å².